The average Bonchev–Trinajstić information content (AvgIpc) is 2.86. The molecule has 0 unspecified atom stereocenters. The number of hydrogen-bond acceptors (Lipinski definition) is 6. The molecule has 1 aromatic heterocycles. The van der Waals surface area contributed by atoms with E-state index >= 15 is 0 Å². The number of piperazine rings is 1. The van der Waals surface area contributed by atoms with Crippen LogP contribution in [0.4, 0.5) is 5.82 Å². The number of hydrogen-bond donors (Lipinski definition) is 0. The number of nitrogens with zero attached hydrogens (tertiary/aromatic N) is 4. The van der Waals surface area contributed by atoms with Crippen LogP contribution in [0.25, 0.3) is 11.4 Å². The Hall–Kier alpha value is -3.45. The minimum atomic E-state index is 0.112. The normalized spacial score (nSPS) is 13.8. The Bertz CT molecular complexity index is 1080. The highest BCUT2D eigenvalue weighted by molar-refractivity contribution is 5.73. The van der Waals surface area contributed by atoms with Gasteiger partial charge in [0.15, 0.2) is 5.82 Å². The molecular weight excluding hydrogens is 416 g/mol. The summed E-state index contributed by atoms with van der Waals surface area (Å²) < 4.78 is 10.9. The second-order valence-electron chi connectivity index (χ2n) is 8.11. The van der Waals surface area contributed by atoms with Crippen LogP contribution < -0.4 is 9.64 Å². The first kappa shape index (κ1) is 22.7. The van der Waals surface area contributed by atoms with E-state index in [1.54, 1.807) is 21.1 Å². The van der Waals surface area contributed by atoms with Crippen molar-refractivity contribution in [3.8, 4) is 17.1 Å². The van der Waals surface area contributed by atoms with E-state index in [1.807, 2.05) is 47.4 Å². The molecule has 33 heavy (non-hydrogen) atoms. The van der Waals surface area contributed by atoms with Crippen LogP contribution in [0.3, 0.4) is 0 Å². The third-order valence-electron chi connectivity index (χ3n) is 5.95. The topological polar surface area (TPSA) is 67.8 Å². The van der Waals surface area contributed by atoms with Gasteiger partial charge in [-0.25, -0.2) is 9.97 Å². The van der Waals surface area contributed by atoms with Crippen LogP contribution in [0, 0.1) is 0 Å². The van der Waals surface area contributed by atoms with Crippen molar-refractivity contribution in [3.05, 3.63) is 71.4 Å². The molecule has 0 N–H and O–H groups in total. The molecule has 3 aromatic rings. The maximum Gasteiger partial charge on any atom is 0.219 e. The highest BCUT2D eigenvalue weighted by atomic mass is 16.5. The van der Waals surface area contributed by atoms with Gasteiger partial charge < -0.3 is 19.3 Å². The van der Waals surface area contributed by atoms with E-state index in [-0.39, 0.29) is 5.91 Å². The molecule has 7 heteroatoms. The van der Waals surface area contributed by atoms with Crippen LogP contribution in [0.15, 0.2) is 54.6 Å². The molecule has 0 atom stereocenters. The Morgan fingerprint density at radius 2 is 1.64 bits per heavy atom. The number of methoxy groups -OCH3 is 2. The van der Waals surface area contributed by atoms with Crippen molar-refractivity contribution in [1.82, 2.24) is 14.9 Å². The Morgan fingerprint density at radius 1 is 0.939 bits per heavy atom. The predicted octanol–water partition coefficient (Wildman–Crippen LogP) is 3.56. The number of carbonyl (C=O) groups excluding carboxylic acids is 1. The van der Waals surface area contributed by atoms with Crippen molar-refractivity contribution in [3.63, 3.8) is 0 Å². The van der Waals surface area contributed by atoms with Gasteiger partial charge in [0.25, 0.3) is 0 Å². The molecule has 4 rings (SSSR count). The lowest BCUT2D eigenvalue weighted by molar-refractivity contribution is -0.129. The third kappa shape index (κ3) is 5.31. The van der Waals surface area contributed by atoms with Crippen LogP contribution >= 0.6 is 0 Å². The number of anilines is 1. The highest BCUT2D eigenvalue weighted by Crippen LogP contribution is 2.29. The standard InChI is InChI=1S/C26H30N4O3/c1-19(31)29-13-15-30(16-14-29)26-23(17-20-9-11-22(33-3)12-10-20)24(18-32-2)27-25(28-26)21-7-5-4-6-8-21/h4-12H,13-18H2,1-3H3. The number of benzene rings is 2. The fourth-order valence-electron chi connectivity index (χ4n) is 4.11. The molecule has 1 aliphatic rings. The van der Waals surface area contributed by atoms with E-state index in [0.717, 1.165) is 47.0 Å². The largest absolute Gasteiger partial charge is 0.497 e. The zero-order valence-electron chi connectivity index (χ0n) is 19.5. The first-order valence-corrected chi connectivity index (χ1v) is 11.2. The molecule has 2 heterocycles. The number of ether oxygens (including phenoxy) is 2. The fraction of sp³-hybridized carbons (Fsp3) is 0.346. The van der Waals surface area contributed by atoms with Gasteiger partial charge in [-0.05, 0) is 17.7 Å². The molecule has 0 spiro atoms. The first-order chi connectivity index (χ1) is 16.1. The third-order valence-corrected chi connectivity index (χ3v) is 5.95. The number of aromatic nitrogens is 2. The summed E-state index contributed by atoms with van der Waals surface area (Å²) in [5.74, 6) is 2.54. The molecule has 1 saturated heterocycles. The lowest BCUT2D eigenvalue weighted by atomic mass is 10.0. The van der Waals surface area contributed by atoms with Crippen molar-refractivity contribution in [2.24, 2.45) is 0 Å². The lowest BCUT2D eigenvalue weighted by Crippen LogP contribution is -2.48. The van der Waals surface area contributed by atoms with Crippen LogP contribution in [0.1, 0.15) is 23.7 Å². The zero-order chi connectivity index (χ0) is 23.2. The Kier molecular flexibility index (Phi) is 7.19. The van der Waals surface area contributed by atoms with Gasteiger partial charge in [0.2, 0.25) is 5.91 Å². The molecule has 1 fully saturated rings. The molecule has 0 bridgehead atoms. The summed E-state index contributed by atoms with van der Waals surface area (Å²) in [6.45, 7) is 4.84. The van der Waals surface area contributed by atoms with Crippen LogP contribution in [-0.4, -0.2) is 61.2 Å². The van der Waals surface area contributed by atoms with Gasteiger partial charge in [0, 0.05) is 57.8 Å². The Balaban J connectivity index is 1.76. The van der Waals surface area contributed by atoms with Crippen LogP contribution in [0.2, 0.25) is 0 Å². The fourth-order valence-corrected chi connectivity index (χ4v) is 4.11. The Morgan fingerprint density at radius 3 is 2.24 bits per heavy atom. The van der Waals surface area contributed by atoms with Crippen molar-refractivity contribution >= 4 is 11.7 Å². The van der Waals surface area contributed by atoms with Gasteiger partial charge >= 0.3 is 0 Å². The maximum atomic E-state index is 11.8. The smallest absolute Gasteiger partial charge is 0.219 e. The quantitative estimate of drug-likeness (QED) is 0.553. The van der Waals surface area contributed by atoms with E-state index in [9.17, 15) is 4.79 Å². The van der Waals surface area contributed by atoms with Crippen molar-refractivity contribution in [1.29, 1.82) is 0 Å². The molecule has 0 saturated carbocycles. The molecular formula is C26H30N4O3. The van der Waals surface area contributed by atoms with E-state index in [1.165, 1.54) is 0 Å². The Labute approximate surface area is 195 Å². The second kappa shape index (κ2) is 10.4. The summed E-state index contributed by atoms with van der Waals surface area (Å²) in [5, 5.41) is 0. The first-order valence-electron chi connectivity index (χ1n) is 11.2. The summed E-state index contributed by atoms with van der Waals surface area (Å²) in [5.41, 5.74) is 4.05. The average molecular weight is 447 g/mol. The van der Waals surface area contributed by atoms with Gasteiger partial charge in [-0.2, -0.15) is 0 Å². The van der Waals surface area contributed by atoms with E-state index < -0.39 is 0 Å². The van der Waals surface area contributed by atoms with E-state index in [2.05, 4.69) is 17.0 Å². The lowest BCUT2D eigenvalue weighted by Gasteiger charge is -2.36. The molecule has 0 aliphatic carbocycles. The molecule has 1 amide bonds. The molecule has 1 aliphatic heterocycles. The van der Waals surface area contributed by atoms with Crippen LogP contribution in [-0.2, 0) is 22.6 Å². The molecule has 0 radical (unpaired) electrons. The summed E-state index contributed by atoms with van der Waals surface area (Å²) in [7, 11) is 3.35. The van der Waals surface area contributed by atoms with Gasteiger partial charge in [-0.15, -0.1) is 0 Å². The highest BCUT2D eigenvalue weighted by Gasteiger charge is 2.25. The van der Waals surface area contributed by atoms with Gasteiger partial charge in [-0.1, -0.05) is 42.5 Å². The monoisotopic (exact) mass is 446 g/mol. The number of amides is 1. The molecule has 172 valence electrons. The molecule has 2 aromatic carbocycles. The minimum Gasteiger partial charge on any atom is -0.497 e. The van der Waals surface area contributed by atoms with E-state index in [4.69, 9.17) is 19.4 Å². The number of rotatable bonds is 7. The summed E-state index contributed by atoms with van der Waals surface area (Å²) in [6, 6.07) is 18.1. The van der Waals surface area contributed by atoms with Gasteiger partial charge in [-0.3, -0.25) is 4.79 Å². The second-order valence-corrected chi connectivity index (χ2v) is 8.11. The van der Waals surface area contributed by atoms with Crippen LogP contribution in [0.5, 0.6) is 5.75 Å². The summed E-state index contributed by atoms with van der Waals surface area (Å²) in [4.78, 5) is 25.9. The van der Waals surface area contributed by atoms with Crippen molar-refractivity contribution < 1.29 is 14.3 Å². The van der Waals surface area contributed by atoms with Crippen molar-refractivity contribution in [2.45, 2.75) is 20.0 Å². The summed E-state index contributed by atoms with van der Waals surface area (Å²) in [6.07, 6.45) is 0.681. The van der Waals surface area contributed by atoms with Crippen molar-refractivity contribution in [2.75, 3.05) is 45.3 Å². The minimum absolute atomic E-state index is 0.112. The SMILES string of the molecule is COCc1nc(-c2ccccc2)nc(N2CCN(C(C)=O)CC2)c1Cc1ccc(OC)cc1. The maximum absolute atomic E-state index is 11.8. The van der Waals surface area contributed by atoms with Gasteiger partial charge in [0.05, 0.1) is 19.4 Å². The van der Waals surface area contributed by atoms with E-state index in [0.29, 0.717) is 31.9 Å². The number of carbonyl (C=O) groups is 1. The predicted molar refractivity (Wildman–Crippen MR) is 128 cm³/mol. The summed E-state index contributed by atoms with van der Waals surface area (Å²) >= 11 is 0. The van der Waals surface area contributed by atoms with Gasteiger partial charge in [0.1, 0.15) is 11.6 Å². The zero-order valence-corrected chi connectivity index (χ0v) is 19.5. The molecule has 7 nitrogen and oxygen atoms in total.